The summed E-state index contributed by atoms with van der Waals surface area (Å²) in [5.41, 5.74) is 6.79. The van der Waals surface area contributed by atoms with Gasteiger partial charge in [0.15, 0.2) is 0 Å². The number of benzene rings is 2. The third-order valence-corrected chi connectivity index (χ3v) is 3.78. The summed E-state index contributed by atoms with van der Waals surface area (Å²) in [5.74, 6) is 0.711. The van der Waals surface area contributed by atoms with Gasteiger partial charge in [-0.05, 0) is 53.6 Å². The molecule has 112 valence electrons. The van der Waals surface area contributed by atoms with Crippen molar-refractivity contribution in [2.75, 3.05) is 6.54 Å². The lowest BCUT2D eigenvalue weighted by Crippen LogP contribution is -2.11. The van der Waals surface area contributed by atoms with E-state index in [0.29, 0.717) is 5.92 Å². The van der Waals surface area contributed by atoms with Gasteiger partial charge in [0.1, 0.15) is 0 Å². The largest absolute Gasteiger partial charge is 0.313 e. The molecule has 0 radical (unpaired) electrons. The predicted octanol–water partition coefficient (Wildman–Crippen LogP) is 4.97. The van der Waals surface area contributed by atoms with E-state index in [4.69, 9.17) is 0 Å². The average molecular weight is 281 g/mol. The third kappa shape index (κ3) is 4.44. The molecule has 0 heterocycles. The number of aryl methyl sites for hydroxylation is 1. The van der Waals surface area contributed by atoms with Crippen molar-refractivity contribution in [1.82, 2.24) is 5.32 Å². The quantitative estimate of drug-likeness (QED) is 0.788. The van der Waals surface area contributed by atoms with Gasteiger partial charge in [-0.15, -0.1) is 0 Å². The molecule has 0 saturated carbocycles. The summed E-state index contributed by atoms with van der Waals surface area (Å²) in [5, 5.41) is 3.38. The van der Waals surface area contributed by atoms with Gasteiger partial charge in [0.25, 0.3) is 0 Å². The highest BCUT2D eigenvalue weighted by Crippen LogP contribution is 2.25. The molecule has 0 spiro atoms. The van der Waals surface area contributed by atoms with Crippen molar-refractivity contribution in [2.24, 2.45) is 5.92 Å². The Labute approximate surface area is 129 Å². The first kappa shape index (κ1) is 15.8. The van der Waals surface area contributed by atoms with Gasteiger partial charge < -0.3 is 5.32 Å². The van der Waals surface area contributed by atoms with E-state index in [0.717, 1.165) is 19.5 Å². The highest BCUT2D eigenvalue weighted by Gasteiger charge is 2.04. The molecule has 21 heavy (non-hydrogen) atoms. The normalized spacial score (nSPS) is 11.1. The Hall–Kier alpha value is -1.60. The molecule has 1 nitrogen and oxygen atoms in total. The zero-order valence-corrected chi connectivity index (χ0v) is 13.7. The highest BCUT2D eigenvalue weighted by molar-refractivity contribution is 5.67. The Morgan fingerprint density at radius 1 is 0.952 bits per heavy atom. The van der Waals surface area contributed by atoms with Crippen LogP contribution in [0.5, 0.6) is 0 Å². The zero-order chi connectivity index (χ0) is 15.2. The minimum absolute atomic E-state index is 0.711. The molecule has 2 rings (SSSR count). The molecule has 0 aliphatic heterocycles. The van der Waals surface area contributed by atoms with Gasteiger partial charge in [-0.3, -0.25) is 0 Å². The predicted molar refractivity (Wildman–Crippen MR) is 92.5 cm³/mol. The third-order valence-electron chi connectivity index (χ3n) is 3.78. The van der Waals surface area contributed by atoms with Crippen molar-refractivity contribution in [1.29, 1.82) is 0 Å². The Morgan fingerprint density at radius 2 is 1.62 bits per heavy atom. The molecule has 0 unspecified atom stereocenters. The van der Waals surface area contributed by atoms with Crippen LogP contribution in [0.1, 0.15) is 37.5 Å². The van der Waals surface area contributed by atoms with E-state index < -0.39 is 0 Å². The second kappa shape index (κ2) is 7.42. The van der Waals surface area contributed by atoms with Crippen LogP contribution in [0.15, 0.2) is 42.5 Å². The maximum atomic E-state index is 3.38. The summed E-state index contributed by atoms with van der Waals surface area (Å²) in [6, 6.07) is 15.8. The second-order valence-electron chi connectivity index (χ2n) is 6.22. The maximum absolute atomic E-state index is 3.38. The number of hydrogen-bond acceptors (Lipinski definition) is 1. The van der Waals surface area contributed by atoms with E-state index in [9.17, 15) is 0 Å². The molecule has 0 aliphatic carbocycles. The van der Waals surface area contributed by atoms with Crippen LogP contribution in [0, 0.1) is 12.8 Å². The smallest absolute Gasteiger partial charge is 0.0205 e. The second-order valence-corrected chi connectivity index (χ2v) is 6.22. The highest BCUT2D eigenvalue weighted by atomic mass is 14.8. The van der Waals surface area contributed by atoms with Crippen molar-refractivity contribution >= 4 is 0 Å². The summed E-state index contributed by atoms with van der Waals surface area (Å²) in [7, 11) is 0. The monoisotopic (exact) mass is 281 g/mol. The lowest BCUT2D eigenvalue weighted by molar-refractivity contribution is 0.647. The van der Waals surface area contributed by atoms with Crippen LogP contribution >= 0.6 is 0 Å². The number of nitrogens with one attached hydrogen (secondary N) is 1. The van der Waals surface area contributed by atoms with Crippen LogP contribution in [0.4, 0.5) is 0 Å². The van der Waals surface area contributed by atoms with Crippen molar-refractivity contribution in [3.8, 4) is 11.1 Å². The van der Waals surface area contributed by atoms with E-state index in [2.05, 4.69) is 75.5 Å². The Balaban J connectivity index is 2.17. The molecular formula is C20H27N. The lowest BCUT2D eigenvalue weighted by atomic mass is 9.96. The van der Waals surface area contributed by atoms with Crippen molar-refractivity contribution < 1.29 is 0 Å². The molecular weight excluding hydrogens is 254 g/mol. The molecule has 0 bridgehead atoms. The maximum Gasteiger partial charge on any atom is 0.0205 e. The van der Waals surface area contributed by atoms with Crippen LogP contribution in [0.25, 0.3) is 11.1 Å². The average Bonchev–Trinajstić information content (AvgIpc) is 2.46. The molecule has 0 atom stereocenters. The van der Waals surface area contributed by atoms with Crippen LogP contribution in [0.3, 0.4) is 0 Å². The zero-order valence-electron chi connectivity index (χ0n) is 13.7. The molecule has 1 heteroatoms. The van der Waals surface area contributed by atoms with Gasteiger partial charge in [0, 0.05) is 6.54 Å². The first-order valence-electron chi connectivity index (χ1n) is 7.99. The van der Waals surface area contributed by atoms with E-state index in [-0.39, 0.29) is 0 Å². The standard InChI is InChI=1S/C20H27N/c1-5-21-14-18-8-11-20(16(4)13-18)19-9-6-17(7-10-19)12-15(2)3/h6-11,13,15,21H,5,12,14H2,1-4H3. The molecule has 2 aromatic rings. The van der Waals surface area contributed by atoms with Gasteiger partial charge in [0.2, 0.25) is 0 Å². The van der Waals surface area contributed by atoms with Crippen molar-refractivity contribution in [3.63, 3.8) is 0 Å². The van der Waals surface area contributed by atoms with Crippen LogP contribution in [-0.4, -0.2) is 6.54 Å². The van der Waals surface area contributed by atoms with Crippen molar-refractivity contribution in [3.05, 3.63) is 59.2 Å². The summed E-state index contributed by atoms with van der Waals surface area (Å²) in [4.78, 5) is 0. The molecule has 0 fully saturated rings. The number of rotatable bonds is 6. The summed E-state index contributed by atoms with van der Waals surface area (Å²) in [6.07, 6.45) is 1.15. The van der Waals surface area contributed by atoms with E-state index >= 15 is 0 Å². The SMILES string of the molecule is CCNCc1ccc(-c2ccc(CC(C)C)cc2)c(C)c1. The van der Waals surface area contributed by atoms with Gasteiger partial charge in [-0.2, -0.15) is 0 Å². The minimum atomic E-state index is 0.711. The molecule has 1 N–H and O–H groups in total. The fourth-order valence-corrected chi connectivity index (χ4v) is 2.72. The lowest BCUT2D eigenvalue weighted by Gasteiger charge is -2.11. The van der Waals surface area contributed by atoms with E-state index in [1.807, 2.05) is 0 Å². The molecule has 0 saturated heterocycles. The van der Waals surface area contributed by atoms with Gasteiger partial charge in [0.05, 0.1) is 0 Å². The summed E-state index contributed by atoms with van der Waals surface area (Å²) in [6.45, 7) is 10.8. The van der Waals surface area contributed by atoms with Gasteiger partial charge >= 0.3 is 0 Å². The Morgan fingerprint density at radius 3 is 2.19 bits per heavy atom. The molecule has 0 amide bonds. The topological polar surface area (TPSA) is 12.0 Å². The first-order chi connectivity index (χ1) is 10.1. The van der Waals surface area contributed by atoms with Crippen molar-refractivity contribution in [2.45, 2.75) is 40.7 Å². The van der Waals surface area contributed by atoms with E-state index in [1.54, 1.807) is 0 Å². The first-order valence-corrected chi connectivity index (χ1v) is 7.99. The van der Waals surface area contributed by atoms with Crippen LogP contribution in [0.2, 0.25) is 0 Å². The molecule has 0 aromatic heterocycles. The Bertz CT molecular complexity index is 567. The number of hydrogen-bond donors (Lipinski definition) is 1. The summed E-state index contributed by atoms with van der Waals surface area (Å²) < 4.78 is 0. The van der Waals surface area contributed by atoms with Crippen LogP contribution in [-0.2, 0) is 13.0 Å². The van der Waals surface area contributed by atoms with E-state index in [1.165, 1.54) is 27.8 Å². The molecule has 2 aromatic carbocycles. The fourth-order valence-electron chi connectivity index (χ4n) is 2.72. The fraction of sp³-hybridized carbons (Fsp3) is 0.400. The summed E-state index contributed by atoms with van der Waals surface area (Å²) >= 11 is 0. The minimum Gasteiger partial charge on any atom is -0.313 e. The van der Waals surface area contributed by atoms with Crippen LogP contribution < -0.4 is 5.32 Å². The van der Waals surface area contributed by atoms with Gasteiger partial charge in [-0.1, -0.05) is 63.2 Å². The van der Waals surface area contributed by atoms with Gasteiger partial charge in [-0.25, -0.2) is 0 Å². The Kier molecular flexibility index (Phi) is 5.58. The molecule has 0 aliphatic rings.